The largest absolute Gasteiger partial charge is 0.394 e. The third kappa shape index (κ3) is 46.1. The van der Waals surface area contributed by atoms with Crippen molar-refractivity contribution in [2.24, 2.45) is 0 Å². The molecule has 0 aromatic carbocycles. The minimum absolute atomic E-state index is 0.161. The van der Waals surface area contributed by atoms with Crippen LogP contribution in [0.1, 0.15) is 277 Å². The number of hydrogen-bond acceptors (Lipinski definition) is 4. The lowest BCUT2D eigenvalue weighted by Crippen LogP contribution is -2.50. The molecule has 3 unspecified atom stereocenters. The minimum Gasteiger partial charge on any atom is -0.394 e. The summed E-state index contributed by atoms with van der Waals surface area (Å²) >= 11 is 0. The van der Waals surface area contributed by atoms with Gasteiger partial charge in [0.2, 0.25) is 5.91 Å². The second kappa shape index (κ2) is 50.9. The number of unbranched alkanes of at least 4 members (excludes halogenated alkanes) is 33. The summed E-state index contributed by atoms with van der Waals surface area (Å²) in [4.78, 5) is 12.5. The molecule has 0 aliphatic carbocycles. The lowest BCUT2D eigenvalue weighted by atomic mass is 10.0. The van der Waals surface area contributed by atoms with Gasteiger partial charge >= 0.3 is 0 Å². The molecule has 0 fully saturated rings. The van der Waals surface area contributed by atoms with E-state index < -0.39 is 18.2 Å². The van der Waals surface area contributed by atoms with Gasteiger partial charge in [0.05, 0.1) is 18.8 Å². The molecule has 0 aromatic heterocycles. The van der Waals surface area contributed by atoms with E-state index in [0.717, 1.165) is 51.4 Å². The second-order valence-electron chi connectivity index (χ2n) is 18.4. The first-order valence-corrected chi connectivity index (χ1v) is 26.9. The molecule has 61 heavy (non-hydrogen) atoms. The molecule has 0 aliphatic rings. The second-order valence-corrected chi connectivity index (χ2v) is 18.4. The maximum atomic E-state index is 12.5. The number of carbonyl (C=O) groups is 1. The maximum absolute atomic E-state index is 12.5. The Hall–Kier alpha value is -1.69. The predicted molar refractivity (Wildman–Crippen MR) is 268 cm³/mol. The van der Waals surface area contributed by atoms with Crippen LogP contribution in [-0.4, -0.2) is 46.1 Å². The zero-order valence-corrected chi connectivity index (χ0v) is 40.8. The summed E-state index contributed by atoms with van der Waals surface area (Å²) in [6, 6.07) is -0.837. The van der Waals surface area contributed by atoms with Gasteiger partial charge in [-0.05, 0) is 83.5 Å². The number of aliphatic hydroxyl groups excluding tert-OH is 3. The van der Waals surface area contributed by atoms with Gasteiger partial charge in [-0.3, -0.25) is 4.79 Å². The lowest BCUT2D eigenvalue weighted by molar-refractivity contribution is -0.124. The molecule has 0 heterocycles. The van der Waals surface area contributed by atoms with E-state index in [-0.39, 0.29) is 12.5 Å². The van der Waals surface area contributed by atoms with Crippen molar-refractivity contribution in [2.75, 3.05) is 6.61 Å². The maximum Gasteiger partial charge on any atom is 0.220 e. The van der Waals surface area contributed by atoms with Gasteiger partial charge in [0.15, 0.2) is 0 Å². The van der Waals surface area contributed by atoms with Crippen LogP contribution in [0.5, 0.6) is 0 Å². The lowest BCUT2D eigenvalue weighted by Gasteiger charge is -2.26. The summed E-state index contributed by atoms with van der Waals surface area (Å²) < 4.78 is 0. The number of nitrogens with one attached hydrogen (secondary N) is 1. The van der Waals surface area contributed by atoms with E-state index in [1.165, 1.54) is 199 Å². The van der Waals surface area contributed by atoms with Crippen LogP contribution in [0, 0.1) is 0 Å². The number of allylic oxidation sites excluding steroid dienone is 8. The summed E-state index contributed by atoms with van der Waals surface area (Å²) in [5, 5.41) is 33.7. The van der Waals surface area contributed by atoms with Crippen LogP contribution in [-0.2, 0) is 4.79 Å². The number of rotatable bonds is 49. The Morgan fingerprint density at radius 3 is 1.10 bits per heavy atom. The van der Waals surface area contributed by atoms with Crippen molar-refractivity contribution in [1.82, 2.24) is 5.32 Å². The average Bonchev–Trinajstić information content (AvgIpc) is 3.26. The smallest absolute Gasteiger partial charge is 0.220 e. The quantitative estimate of drug-likeness (QED) is 0.0362. The highest BCUT2D eigenvalue weighted by Gasteiger charge is 2.26. The summed E-state index contributed by atoms with van der Waals surface area (Å²) in [6.45, 7) is 4.18. The Labute approximate surface area is 380 Å². The molecule has 1 amide bonds. The van der Waals surface area contributed by atoms with Gasteiger partial charge < -0.3 is 20.6 Å². The summed E-state index contributed by atoms with van der Waals surface area (Å²) in [5.74, 6) is -0.161. The Bertz CT molecular complexity index is 989. The molecule has 0 saturated heterocycles. The SMILES string of the molecule is CCCCCCCCCCC/C=C\C/C=C\CCCCCCCCCCCC(=O)NC(CO)C(O)C(O)CCC/C=C/CC/C=C/CCCCCCCCCCCCCCC. The highest BCUT2D eigenvalue weighted by atomic mass is 16.3. The Kier molecular flexibility index (Phi) is 49.5. The minimum atomic E-state index is -1.17. The molecular weight excluding hydrogens is 751 g/mol. The van der Waals surface area contributed by atoms with Crippen LogP contribution in [0.3, 0.4) is 0 Å². The van der Waals surface area contributed by atoms with Crippen LogP contribution in [0.25, 0.3) is 0 Å². The first-order valence-electron chi connectivity index (χ1n) is 26.9. The van der Waals surface area contributed by atoms with E-state index in [2.05, 4.69) is 67.8 Å². The van der Waals surface area contributed by atoms with E-state index in [9.17, 15) is 20.1 Å². The molecule has 5 nitrogen and oxygen atoms in total. The van der Waals surface area contributed by atoms with E-state index >= 15 is 0 Å². The van der Waals surface area contributed by atoms with Crippen molar-refractivity contribution in [3.63, 3.8) is 0 Å². The van der Waals surface area contributed by atoms with Crippen molar-refractivity contribution in [3.05, 3.63) is 48.6 Å². The summed E-state index contributed by atoms with van der Waals surface area (Å²) in [5.41, 5.74) is 0. The van der Waals surface area contributed by atoms with Crippen molar-refractivity contribution in [2.45, 2.75) is 295 Å². The van der Waals surface area contributed by atoms with Crippen molar-refractivity contribution in [1.29, 1.82) is 0 Å². The molecule has 0 rings (SSSR count). The Morgan fingerprint density at radius 2 is 0.721 bits per heavy atom. The molecule has 0 aliphatic heterocycles. The zero-order valence-electron chi connectivity index (χ0n) is 40.8. The van der Waals surface area contributed by atoms with E-state index in [0.29, 0.717) is 12.8 Å². The molecule has 3 atom stereocenters. The Balaban J connectivity index is 3.64. The third-order valence-corrected chi connectivity index (χ3v) is 12.4. The summed E-state index contributed by atoms with van der Waals surface area (Å²) in [7, 11) is 0. The topological polar surface area (TPSA) is 89.8 Å². The van der Waals surface area contributed by atoms with Gasteiger partial charge in [-0.2, -0.15) is 0 Å². The molecule has 358 valence electrons. The van der Waals surface area contributed by atoms with Crippen LogP contribution in [0.4, 0.5) is 0 Å². The van der Waals surface area contributed by atoms with E-state index in [1.54, 1.807) is 0 Å². The molecule has 4 N–H and O–H groups in total. The first-order chi connectivity index (χ1) is 30.1. The standard InChI is InChI=1S/C56H105NO4/c1-3-5-7-9-11-13-15-17-19-21-23-25-27-28-29-31-33-35-37-39-41-43-45-47-49-51-55(60)57-53(52-58)56(61)54(59)50-48-46-44-42-40-38-36-34-32-30-26-24-22-20-18-16-14-12-10-8-6-4-2/h23,25,28-29,34,36,42,44,53-54,56,58-59,61H,3-22,24,26-27,30-33,35,37-41,43,45-52H2,1-2H3,(H,57,60)/b25-23-,29-28-,36-34+,44-42+. The monoisotopic (exact) mass is 856 g/mol. The fraction of sp³-hybridized carbons (Fsp3) is 0.839. The molecule has 5 heteroatoms. The molecule has 0 bridgehead atoms. The number of amides is 1. The van der Waals surface area contributed by atoms with Gasteiger partial charge in [0.1, 0.15) is 6.10 Å². The van der Waals surface area contributed by atoms with Gasteiger partial charge in [-0.25, -0.2) is 0 Å². The van der Waals surface area contributed by atoms with E-state index in [4.69, 9.17) is 0 Å². The number of hydrogen-bond donors (Lipinski definition) is 4. The molecule has 0 spiro atoms. The number of aliphatic hydroxyl groups is 3. The average molecular weight is 856 g/mol. The fourth-order valence-corrected chi connectivity index (χ4v) is 8.21. The van der Waals surface area contributed by atoms with Gasteiger partial charge in [0.25, 0.3) is 0 Å². The van der Waals surface area contributed by atoms with Crippen LogP contribution >= 0.6 is 0 Å². The highest BCUT2D eigenvalue weighted by molar-refractivity contribution is 5.76. The number of carbonyl (C=O) groups excluding carboxylic acids is 1. The highest BCUT2D eigenvalue weighted by Crippen LogP contribution is 2.16. The Morgan fingerprint density at radius 1 is 0.410 bits per heavy atom. The molecular formula is C56H105NO4. The van der Waals surface area contributed by atoms with Crippen LogP contribution in [0.15, 0.2) is 48.6 Å². The first kappa shape index (κ1) is 59.3. The third-order valence-electron chi connectivity index (χ3n) is 12.4. The van der Waals surface area contributed by atoms with Gasteiger partial charge in [-0.15, -0.1) is 0 Å². The zero-order chi connectivity index (χ0) is 44.4. The van der Waals surface area contributed by atoms with Crippen LogP contribution < -0.4 is 5.32 Å². The van der Waals surface area contributed by atoms with Crippen molar-refractivity contribution < 1.29 is 20.1 Å². The molecule has 0 aromatic rings. The molecule has 0 radical (unpaired) electrons. The van der Waals surface area contributed by atoms with E-state index in [1.807, 2.05) is 0 Å². The van der Waals surface area contributed by atoms with Crippen LogP contribution in [0.2, 0.25) is 0 Å². The van der Waals surface area contributed by atoms with Gasteiger partial charge in [-0.1, -0.05) is 236 Å². The fourth-order valence-electron chi connectivity index (χ4n) is 8.21. The molecule has 0 saturated carbocycles. The summed E-state index contributed by atoms with van der Waals surface area (Å²) in [6.07, 6.45) is 66.8. The normalized spacial score (nSPS) is 13.7. The van der Waals surface area contributed by atoms with Crippen molar-refractivity contribution in [3.8, 4) is 0 Å². The predicted octanol–water partition coefficient (Wildman–Crippen LogP) is 16.4. The van der Waals surface area contributed by atoms with Gasteiger partial charge in [0, 0.05) is 6.42 Å². The van der Waals surface area contributed by atoms with Crippen molar-refractivity contribution >= 4 is 5.91 Å².